The number of hydrogen-bond donors (Lipinski definition) is 1. The van der Waals surface area contributed by atoms with Crippen LogP contribution in [-0.4, -0.2) is 17.8 Å². The number of nitrogens with zero attached hydrogens (tertiary/aromatic N) is 1. The van der Waals surface area contributed by atoms with Gasteiger partial charge in [-0.3, -0.25) is 14.9 Å². The average molecular weight is 607 g/mol. The topological polar surface area (TPSA) is 84.9 Å². The highest BCUT2D eigenvalue weighted by Crippen LogP contribution is 2.33. The zero-order valence-electron chi connectivity index (χ0n) is 23.1. The number of amides is 4. The number of barbiturate groups is 1. The Balaban J connectivity index is 1.30. The lowest BCUT2D eigenvalue weighted by Gasteiger charge is -2.26. The van der Waals surface area contributed by atoms with Crippen LogP contribution >= 0.6 is 11.6 Å². The van der Waals surface area contributed by atoms with Crippen LogP contribution in [0.1, 0.15) is 16.7 Å². The van der Waals surface area contributed by atoms with E-state index in [9.17, 15) is 18.8 Å². The lowest BCUT2D eigenvalue weighted by Crippen LogP contribution is -2.54. The van der Waals surface area contributed by atoms with Crippen LogP contribution in [0.4, 0.5) is 14.9 Å². The first-order valence-corrected chi connectivity index (χ1v) is 14.0. The minimum atomic E-state index is -0.879. The highest BCUT2D eigenvalue weighted by Gasteiger charge is 2.37. The van der Waals surface area contributed by atoms with Gasteiger partial charge in [0.05, 0.1) is 5.69 Å². The molecule has 7 nitrogen and oxygen atoms in total. The third-order valence-electron chi connectivity index (χ3n) is 7.11. The van der Waals surface area contributed by atoms with Crippen LogP contribution < -0.4 is 19.7 Å². The van der Waals surface area contributed by atoms with Gasteiger partial charge in [0.25, 0.3) is 11.8 Å². The Kier molecular flexibility index (Phi) is 8.08. The molecular weight excluding hydrogens is 583 g/mol. The number of rotatable bonds is 8. The van der Waals surface area contributed by atoms with Crippen molar-refractivity contribution < 1.29 is 28.2 Å². The van der Waals surface area contributed by atoms with Gasteiger partial charge in [0.15, 0.2) is 0 Å². The van der Waals surface area contributed by atoms with Crippen molar-refractivity contribution in [2.45, 2.75) is 13.2 Å². The van der Waals surface area contributed by atoms with E-state index in [-0.39, 0.29) is 24.5 Å². The van der Waals surface area contributed by atoms with Gasteiger partial charge in [-0.25, -0.2) is 14.1 Å². The van der Waals surface area contributed by atoms with Crippen LogP contribution in [0, 0.1) is 5.82 Å². The highest BCUT2D eigenvalue weighted by atomic mass is 35.5. The van der Waals surface area contributed by atoms with Gasteiger partial charge < -0.3 is 9.47 Å². The molecule has 1 heterocycles. The standard InChI is InChI=1S/C35H24ClFN2O5/c36-30-11-5-2-8-23(30)20-43-26-16-14-25(15-17-26)39-34(41)29(33(40)38-35(39)42)19-28-27-10-4-1-7-22(27)13-18-32(28)44-21-24-9-3-6-12-31(24)37/h1-19H,20-21H2,(H,38,40,42)/b29-19+. The first kappa shape index (κ1) is 28.6. The summed E-state index contributed by atoms with van der Waals surface area (Å²) in [6.45, 7) is 0.159. The molecule has 1 aliphatic rings. The van der Waals surface area contributed by atoms with E-state index in [1.165, 1.54) is 12.1 Å². The highest BCUT2D eigenvalue weighted by molar-refractivity contribution is 6.39. The first-order chi connectivity index (χ1) is 21.4. The van der Waals surface area contributed by atoms with Crippen molar-refractivity contribution >= 4 is 52.0 Å². The Labute approximate surface area is 257 Å². The minimum Gasteiger partial charge on any atom is -0.489 e. The summed E-state index contributed by atoms with van der Waals surface area (Å²) in [6, 6.07) is 29.9. The molecule has 0 bridgehead atoms. The number of halogens is 2. The molecule has 0 spiro atoms. The molecule has 0 atom stereocenters. The number of fused-ring (bicyclic) bond motifs is 1. The summed E-state index contributed by atoms with van der Waals surface area (Å²) in [7, 11) is 0. The molecule has 0 unspecified atom stereocenters. The Bertz CT molecular complexity index is 1940. The number of carbonyl (C=O) groups excluding carboxylic acids is 3. The van der Waals surface area contributed by atoms with Crippen molar-refractivity contribution in [3.05, 3.63) is 142 Å². The largest absolute Gasteiger partial charge is 0.489 e. The molecule has 6 rings (SSSR count). The van der Waals surface area contributed by atoms with E-state index < -0.39 is 23.7 Å². The van der Waals surface area contributed by atoms with Gasteiger partial charge in [-0.15, -0.1) is 0 Å². The normalized spacial score (nSPS) is 14.2. The predicted octanol–water partition coefficient (Wildman–Crippen LogP) is 7.46. The Morgan fingerprint density at radius 1 is 0.750 bits per heavy atom. The number of benzene rings is 5. The van der Waals surface area contributed by atoms with Crippen molar-refractivity contribution in [2.75, 3.05) is 4.90 Å². The van der Waals surface area contributed by atoms with E-state index in [2.05, 4.69) is 5.32 Å². The van der Waals surface area contributed by atoms with Crippen LogP contribution in [0.25, 0.3) is 16.8 Å². The zero-order chi connectivity index (χ0) is 30.6. The SMILES string of the molecule is O=C1NC(=O)N(c2ccc(OCc3ccccc3Cl)cc2)C(=O)/C1=C/c1c(OCc2ccccc2F)ccc2ccccc12. The number of carbonyl (C=O) groups is 3. The number of ether oxygens (including phenoxy) is 2. The summed E-state index contributed by atoms with van der Waals surface area (Å²) in [5.74, 6) is -1.23. The van der Waals surface area contributed by atoms with Crippen molar-refractivity contribution in [3.63, 3.8) is 0 Å². The zero-order valence-corrected chi connectivity index (χ0v) is 23.9. The van der Waals surface area contributed by atoms with Crippen LogP contribution in [0.3, 0.4) is 0 Å². The number of imide groups is 2. The number of anilines is 1. The molecule has 1 aliphatic heterocycles. The maximum Gasteiger partial charge on any atom is 0.335 e. The molecule has 1 saturated heterocycles. The average Bonchev–Trinajstić information content (AvgIpc) is 3.03. The molecule has 0 aromatic heterocycles. The van der Waals surface area contributed by atoms with Gasteiger partial charge in [-0.1, -0.05) is 78.3 Å². The monoisotopic (exact) mass is 606 g/mol. The second kappa shape index (κ2) is 12.4. The van der Waals surface area contributed by atoms with Gasteiger partial charge in [-0.2, -0.15) is 0 Å². The van der Waals surface area contributed by atoms with Crippen molar-refractivity contribution in [3.8, 4) is 11.5 Å². The Morgan fingerprint density at radius 2 is 1.43 bits per heavy atom. The van der Waals surface area contributed by atoms with E-state index in [1.54, 1.807) is 54.6 Å². The van der Waals surface area contributed by atoms with Crippen molar-refractivity contribution in [1.82, 2.24) is 5.32 Å². The molecule has 0 saturated carbocycles. The molecule has 0 radical (unpaired) electrons. The summed E-state index contributed by atoms with van der Waals surface area (Å²) in [5.41, 5.74) is 1.57. The summed E-state index contributed by atoms with van der Waals surface area (Å²) in [6.07, 6.45) is 1.40. The molecule has 44 heavy (non-hydrogen) atoms. The van der Waals surface area contributed by atoms with Crippen LogP contribution in [0.2, 0.25) is 5.02 Å². The number of nitrogens with one attached hydrogen (secondary N) is 1. The lowest BCUT2D eigenvalue weighted by atomic mass is 9.99. The lowest BCUT2D eigenvalue weighted by molar-refractivity contribution is -0.122. The third-order valence-corrected chi connectivity index (χ3v) is 7.48. The molecular formula is C35H24ClFN2O5. The van der Waals surface area contributed by atoms with Gasteiger partial charge in [0, 0.05) is 21.7 Å². The predicted molar refractivity (Wildman–Crippen MR) is 166 cm³/mol. The summed E-state index contributed by atoms with van der Waals surface area (Å²) < 4.78 is 26.1. The molecule has 1 fully saturated rings. The minimum absolute atomic E-state index is 0.0726. The molecule has 0 aliphatic carbocycles. The summed E-state index contributed by atoms with van der Waals surface area (Å²) in [4.78, 5) is 40.4. The van der Waals surface area contributed by atoms with E-state index in [1.807, 2.05) is 48.5 Å². The fraction of sp³-hybridized carbons (Fsp3) is 0.0571. The fourth-order valence-corrected chi connectivity index (χ4v) is 5.02. The maximum absolute atomic E-state index is 14.3. The van der Waals surface area contributed by atoms with Gasteiger partial charge in [0.2, 0.25) is 0 Å². The van der Waals surface area contributed by atoms with Crippen molar-refractivity contribution in [1.29, 1.82) is 0 Å². The molecule has 218 valence electrons. The summed E-state index contributed by atoms with van der Waals surface area (Å²) in [5, 5.41) is 4.37. The van der Waals surface area contributed by atoms with Crippen LogP contribution in [0.15, 0.2) is 115 Å². The van der Waals surface area contributed by atoms with Crippen LogP contribution in [-0.2, 0) is 22.8 Å². The second-order valence-electron chi connectivity index (χ2n) is 9.91. The molecule has 9 heteroatoms. The molecule has 1 N–H and O–H groups in total. The van der Waals surface area contributed by atoms with Crippen LogP contribution in [0.5, 0.6) is 11.5 Å². The summed E-state index contributed by atoms with van der Waals surface area (Å²) >= 11 is 6.20. The van der Waals surface area contributed by atoms with E-state index in [0.29, 0.717) is 33.0 Å². The first-order valence-electron chi connectivity index (χ1n) is 13.6. The Morgan fingerprint density at radius 3 is 2.20 bits per heavy atom. The molecule has 4 amide bonds. The Hall–Kier alpha value is -5.47. The van der Waals surface area contributed by atoms with E-state index in [4.69, 9.17) is 21.1 Å². The maximum atomic E-state index is 14.3. The fourth-order valence-electron chi connectivity index (χ4n) is 4.83. The van der Waals surface area contributed by atoms with Gasteiger partial charge >= 0.3 is 6.03 Å². The second-order valence-corrected chi connectivity index (χ2v) is 10.3. The number of urea groups is 1. The van der Waals surface area contributed by atoms with E-state index >= 15 is 0 Å². The van der Waals surface area contributed by atoms with E-state index in [0.717, 1.165) is 15.8 Å². The van der Waals surface area contributed by atoms with Crippen molar-refractivity contribution in [2.24, 2.45) is 0 Å². The van der Waals surface area contributed by atoms with Gasteiger partial charge in [0.1, 0.15) is 36.1 Å². The van der Waals surface area contributed by atoms with Gasteiger partial charge in [-0.05, 0) is 59.3 Å². The molecule has 5 aromatic carbocycles. The smallest absolute Gasteiger partial charge is 0.335 e. The quantitative estimate of drug-likeness (QED) is 0.146. The number of hydrogen-bond acceptors (Lipinski definition) is 5. The third kappa shape index (κ3) is 5.88. The molecule has 5 aromatic rings.